The van der Waals surface area contributed by atoms with Crippen molar-refractivity contribution in [1.82, 2.24) is 9.13 Å². The molecule has 0 saturated heterocycles. The molecule has 0 unspecified atom stereocenters. The third-order valence-electron chi connectivity index (χ3n) is 1.97. The molecule has 1 heterocycles. The van der Waals surface area contributed by atoms with E-state index in [0.717, 1.165) is 9.13 Å². The maximum Gasteiger partial charge on any atom is 0.332 e. The Kier molecular flexibility index (Phi) is 2.50. The SMILES string of the molecule is CNc1c(N=O)c(=O)n(C)c(=O)n1C. The minimum Gasteiger partial charge on any atom is -0.372 e. The zero-order valence-electron chi connectivity index (χ0n) is 8.07. The van der Waals surface area contributed by atoms with Crippen molar-refractivity contribution in [3.8, 4) is 0 Å². The summed E-state index contributed by atoms with van der Waals surface area (Å²) in [5.74, 6) is 0.119. The molecule has 1 N–H and O–H groups in total. The Labute approximate surface area is 79.0 Å². The number of nitrogens with zero attached hydrogens (tertiary/aromatic N) is 3. The lowest BCUT2D eigenvalue weighted by molar-refractivity contribution is 0.693. The number of anilines is 1. The van der Waals surface area contributed by atoms with E-state index in [9.17, 15) is 14.5 Å². The summed E-state index contributed by atoms with van der Waals surface area (Å²) in [5.41, 5.74) is -1.50. The van der Waals surface area contributed by atoms with Crippen molar-refractivity contribution in [3.63, 3.8) is 0 Å². The van der Waals surface area contributed by atoms with Gasteiger partial charge in [0.05, 0.1) is 0 Å². The van der Waals surface area contributed by atoms with E-state index < -0.39 is 11.2 Å². The predicted octanol–water partition coefficient (Wildman–Crippen LogP) is -0.476. The van der Waals surface area contributed by atoms with E-state index in [4.69, 9.17) is 0 Å². The highest BCUT2D eigenvalue weighted by molar-refractivity contribution is 5.58. The van der Waals surface area contributed by atoms with Crippen LogP contribution < -0.4 is 16.6 Å². The van der Waals surface area contributed by atoms with Crippen molar-refractivity contribution in [1.29, 1.82) is 0 Å². The Morgan fingerprint density at radius 2 is 1.79 bits per heavy atom. The molecular formula is C7H10N4O3. The second kappa shape index (κ2) is 3.44. The first-order valence-electron chi connectivity index (χ1n) is 3.85. The van der Waals surface area contributed by atoms with Crippen LogP contribution in [0.4, 0.5) is 11.5 Å². The van der Waals surface area contributed by atoms with Crippen LogP contribution in [0.1, 0.15) is 0 Å². The number of nitrogens with one attached hydrogen (secondary N) is 1. The third-order valence-corrected chi connectivity index (χ3v) is 1.97. The zero-order chi connectivity index (χ0) is 10.9. The van der Waals surface area contributed by atoms with Gasteiger partial charge < -0.3 is 5.32 Å². The highest BCUT2D eigenvalue weighted by atomic mass is 16.3. The van der Waals surface area contributed by atoms with Gasteiger partial charge in [-0.2, -0.15) is 0 Å². The number of hydrogen-bond donors (Lipinski definition) is 1. The first-order valence-corrected chi connectivity index (χ1v) is 3.85. The number of aromatic nitrogens is 2. The van der Waals surface area contributed by atoms with Crippen LogP contribution >= 0.6 is 0 Å². The van der Waals surface area contributed by atoms with Gasteiger partial charge in [-0.3, -0.25) is 13.9 Å². The Morgan fingerprint density at radius 3 is 2.21 bits per heavy atom. The molecule has 0 bridgehead atoms. The average molecular weight is 198 g/mol. The number of nitroso groups, excluding NO2 is 1. The summed E-state index contributed by atoms with van der Waals surface area (Å²) in [6.07, 6.45) is 0. The topological polar surface area (TPSA) is 85.5 Å². The molecule has 76 valence electrons. The van der Waals surface area contributed by atoms with Crippen molar-refractivity contribution in [2.75, 3.05) is 12.4 Å². The summed E-state index contributed by atoms with van der Waals surface area (Å²) in [6.45, 7) is 0. The van der Waals surface area contributed by atoms with Crippen molar-refractivity contribution in [2.24, 2.45) is 19.3 Å². The van der Waals surface area contributed by atoms with E-state index in [1.807, 2.05) is 0 Å². The molecule has 0 aromatic carbocycles. The molecule has 7 heteroatoms. The Hall–Kier alpha value is -1.92. The minimum absolute atomic E-state index is 0.119. The van der Waals surface area contributed by atoms with E-state index in [0.29, 0.717) is 0 Å². The third kappa shape index (κ3) is 1.22. The van der Waals surface area contributed by atoms with Gasteiger partial charge in [0.1, 0.15) is 5.82 Å². The Balaban J connectivity index is 3.84. The fraction of sp³-hybridized carbons (Fsp3) is 0.429. The summed E-state index contributed by atoms with van der Waals surface area (Å²) in [4.78, 5) is 33.2. The van der Waals surface area contributed by atoms with Gasteiger partial charge in [0, 0.05) is 21.1 Å². The normalized spacial score (nSPS) is 9.93. The molecule has 14 heavy (non-hydrogen) atoms. The van der Waals surface area contributed by atoms with Gasteiger partial charge in [-0.05, 0) is 5.18 Å². The van der Waals surface area contributed by atoms with E-state index in [1.165, 1.54) is 21.1 Å². The molecule has 0 aliphatic heterocycles. The minimum atomic E-state index is -0.701. The van der Waals surface area contributed by atoms with E-state index in [2.05, 4.69) is 10.5 Å². The highest BCUT2D eigenvalue weighted by Crippen LogP contribution is 2.15. The van der Waals surface area contributed by atoms with Gasteiger partial charge in [0.2, 0.25) is 5.69 Å². The number of rotatable bonds is 2. The maximum atomic E-state index is 11.4. The van der Waals surface area contributed by atoms with E-state index in [-0.39, 0.29) is 11.5 Å². The van der Waals surface area contributed by atoms with Gasteiger partial charge >= 0.3 is 5.69 Å². The molecule has 0 saturated carbocycles. The van der Waals surface area contributed by atoms with Crippen LogP contribution in [0.15, 0.2) is 14.8 Å². The van der Waals surface area contributed by atoms with Crippen LogP contribution in [0.2, 0.25) is 0 Å². The maximum absolute atomic E-state index is 11.4. The first kappa shape index (κ1) is 10.2. The molecule has 0 spiro atoms. The first-order chi connectivity index (χ1) is 6.54. The van der Waals surface area contributed by atoms with Crippen molar-refractivity contribution < 1.29 is 0 Å². The van der Waals surface area contributed by atoms with Crippen molar-refractivity contribution in [3.05, 3.63) is 25.7 Å². The van der Waals surface area contributed by atoms with E-state index in [1.54, 1.807) is 0 Å². The van der Waals surface area contributed by atoms with E-state index >= 15 is 0 Å². The summed E-state index contributed by atoms with van der Waals surface area (Å²) in [7, 11) is 4.24. The van der Waals surface area contributed by atoms with Gasteiger partial charge in [-0.25, -0.2) is 4.79 Å². The molecule has 0 radical (unpaired) electrons. The van der Waals surface area contributed by atoms with Gasteiger partial charge in [-0.1, -0.05) is 0 Å². The van der Waals surface area contributed by atoms with Crippen molar-refractivity contribution in [2.45, 2.75) is 0 Å². The largest absolute Gasteiger partial charge is 0.372 e. The molecule has 1 rings (SSSR count). The molecule has 0 fully saturated rings. The van der Waals surface area contributed by atoms with Crippen LogP contribution in [0, 0.1) is 4.91 Å². The van der Waals surface area contributed by atoms with Crippen LogP contribution in [0.25, 0.3) is 0 Å². The second-order valence-corrected chi connectivity index (χ2v) is 2.74. The van der Waals surface area contributed by atoms with Crippen LogP contribution in [0.5, 0.6) is 0 Å². The summed E-state index contributed by atoms with van der Waals surface area (Å²) >= 11 is 0. The Morgan fingerprint density at radius 1 is 1.21 bits per heavy atom. The molecular weight excluding hydrogens is 188 g/mol. The van der Waals surface area contributed by atoms with Gasteiger partial charge in [0.15, 0.2) is 0 Å². The van der Waals surface area contributed by atoms with Crippen LogP contribution in [-0.4, -0.2) is 16.2 Å². The quantitative estimate of drug-likeness (QED) is 0.650. The molecule has 7 nitrogen and oxygen atoms in total. The molecule has 1 aromatic rings. The monoisotopic (exact) mass is 198 g/mol. The lowest BCUT2D eigenvalue weighted by Crippen LogP contribution is -2.37. The number of hydrogen-bond acceptors (Lipinski definition) is 5. The summed E-state index contributed by atoms with van der Waals surface area (Å²) in [5, 5.41) is 5.18. The molecule has 0 atom stereocenters. The summed E-state index contributed by atoms with van der Waals surface area (Å²) in [6, 6.07) is 0. The zero-order valence-corrected chi connectivity index (χ0v) is 8.07. The molecule has 0 amide bonds. The lowest BCUT2D eigenvalue weighted by Gasteiger charge is -2.09. The smallest absolute Gasteiger partial charge is 0.332 e. The van der Waals surface area contributed by atoms with Crippen LogP contribution in [0.3, 0.4) is 0 Å². The van der Waals surface area contributed by atoms with Gasteiger partial charge in [0.25, 0.3) is 5.56 Å². The fourth-order valence-corrected chi connectivity index (χ4v) is 1.19. The Bertz CT molecular complexity index is 485. The summed E-state index contributed by atoms with van der Waals surface area (Å²) < 4.78 is 1.98. The molecule has 0 aliphatic carbocycles. The van der Waals surface area contributed by atoms with Crippen LogP contribution in [-0.2, 0) is 14.1 Å². The van der Waals surface area contributed by atoms with Crippen molar-refractivity contribution >= 4 is 11.5 Å². The van der Waals surface area contributed by atoms with Gasteiger partial charge in [-0.15, -0.1) is 4.91 Å². The second-order valence-electron chi connectivity index (χ2n) is 2.74. The average Bonchev–Trinajstić information content (AvgIpc) is 2.20. The lowest BCUT2D eigenvalue weighted by atomic mass is 10.4. The molecule has 0 aliphatic rings. The standard InChI is InChI=1S/C7H10N4O3/c1-8-5-4(9-14)6(12)11(3)7(13)10(5)2/h8H,1-3H3. The predicted molar refractivity (Wildman–Crippen MR) is 51.9 cm³/mol. The molecule has 1 aromatic heterocycles. The fourth-order valence-electron chi connectivity index (χ4n) is 1.19. The highest BCUT2D eigenvalue weighted by Gasteiger charge is 2.14.